The van der Waals surface area contributed by atoms with Crippen LogP contribution in [0.25, 0.3) is 0 Å². The summed E-state index contributed by atoms with van der Waals surface area (Å²) in [5, 5.41) is 0. The third-order valence-corrected chi connectivity index (χ3v) is 6.40. The molecule has 0 radical (unpaired) electrons. The summed E-state index contributed by atoms with van der Waals surface area (Å²) in [7, 11) is 5.16. The summed E-state index contributed by atoms with van der Waals surface area (Å²) in [6.07, 6.45) is 8.17. The van der Waals surface area contributed by atoms with Gasteiger partial charge in [0.15, 0.2) is 11.5 Å². The van der Waals surface area contributed by atoms with Crippen LogP contribution in [0.2, 0.25) is 0 Å². The smallest absolute Gasteiger partial charge is 0.227 e. The highest BCUT2D eigenvalue weighted by Gasteiger charge is 2.37. The van der Waals surface area contributed by atoms with Crippen LogP contribution in [-0.2, 0) is 16.0 Å². The maximum absolute atomic E-state index is 13.0. The summed E-state index contributed by atoms with van der Waals surface area (Å²) >= 11 is 0. The van der Waals surface area contributed by atoms with E-state index >= 15 is 0 Å². The fraction of sp³-hybridized carbons (Fsp3) is 0.652. The Morgan fingerprint density at radius 2 is 1.79 bits per heavy atom. The van der Waals surface area contributed by atoms with Crippen LogP contribution in [-0.4, -0.2) is 62.0 Å². The van der Waals surface area contributed by atoms with Crippen LogP contribution in [0, 0.1) is 5.92 Å². The first-order valence-corrected chi connectivity index (χ1v) is 10.8. The first-order chi connectivity index (χ1) is 14.0. The Bertz CT molecular complexity index is 713. The van der Waals surface area contributed by atoms with E-state index in [4.69, 9.17) is 9.47 Å². The van der Waals surface area contributed by atoms with E-state index in [2.05, 4.69) is 0 Å². The number of rotatable bonds is 7. The zero-order chi connectivity index (χ0) is 20.8. The van der Waals surface area contributed by atoms with Crippen LogP contribution < -0.4 is 9.47 Å². The number of ether oxygens (including phenoxy) is 2. The fourth-order valence-electron chi connectivity index (χ4n) is 4.57. The Labute approximate surface area is 174 Å². The number of benzene rings is 1. The molecule has 1 aliphatic carbocycles. The lowest BCUT2D eigenvalue weighted by Gasteiger charge is -2.29. The zero-order valence-electron chi connectivity index (χ0n) is 18.0. The molecule has 1 unspecified atom stereocenters. The molecule has 6 heteroatoms. The molecule has 1 heterocycles. The zero-order valence-corrected chi connectivity index (χ0v) is 18.0. The molecule has 1 aromatic carbocycles. The van der Waals surface area contributed by atoms with Crippen LogP contribution >= 0.6 is 0 Å². The summed E-state index contributed by atoms with van der Waals surface area (Å²) in [4.78, 5) is 29.3. The topological polar surface area (TPSA) is 59.1 Å². The monoisotopic (exact) mass is 402 g/mol. The number of hydrogen-bond acceptors (Lipinski definition) is 4. The lowest BCUT2D eigenvalue weighted by molar-refractivity contribution is -0.136. The summed E-state index contributed by atoms with van der Waals surface area (Å²) in [5.41, 5.74) is 1.08. The van der Waals surface area contributed by atoms with Gasteiger partial charge in [-0.15, -0.1) is 0 Å². The Morgan fingerprint density at radius 3 is 2.45 bits per heavy atom. The Morgan fingerprint density at radius 1 is 1.10 bits per heavy atom. The number of likely N-dealkylation sites (tertiary alicyclic amines) is 1. The number of hydrogen-bond donors (Lipinski definition) is 0. The number of methoxy groups -OCH3 is 2. The van der Waals surface area contributed by atoms with Gasteiger partial charge in [0.1, 0.15) is 0 Å². The Kier molecular flexibility index (Phi) is 7.40. The summed E-state index contributed by atoms with van der Waals surface area (Å²) in [6.45, 7) is 1.15. The van der Waals surface area contributed by atoms with E-state index in [-0.39, 0.29) is 17.7 Å². The minimum Gasteiger partial charge on any atom is -0.493 e. The van der Waals surface area contributed by atoms with E-state index in [1.807, 2.05) is 35.0 Å². The van der Waals surface area contributed by atoms with Crippen molar-refractivity contribution < 1.29 is 19.1 Å². The standard InChI is InChI=1S/C23H34N2O4/c1-24(19-8-6-4-5-7-9-19)23(27)18-15-22(26)25(16-18)13-12-17-10-11-20(28-2)21(14-17)29-3/h10-11,14,18-19H,4-9,12-13,15-16H2,1-3H3. The first-order valence-electron chi connectivity index (χ1n) is 10.8. The van der Waals surface area contributed by atoms with Gasteiger partial charge in [-0.05, 0) is 37.0 Å². The number of carbonyl (C=O) groups excluding carboxylic acids is 2. The minimum absolute atomic E-state index is 0.0816. The Hall–Kier alpha value is -2.24. The lowest BCUT2D eigenvalue weighted by Crippen LogP contribution is -2.41. The second-order valence-corrected chi connectivity index (χ2v) is 8.27. The van der Waals surface area contributed by atoms with Gasteiger partial charge in [-0.1, -0.05) is 31.7 Å². The van der Waals surface area contributed by atoms with Gasteiger partial charge in [-0.3, -0.25) is 9.59 Å². The molecule has 0 spiro atoms. The Balaban J connectivity index is 1.55. The highest BCUT2D eigenvalue weighted by molar-refractivity contribution is 5.89. The van der Waals surface area contributed by atoms with Gasteiger partial charge in [0.25, 0.3) is 0 Å². The highest BCUT2D eigenvalue weighted by Crippen LogP contribution is 2.29. The maximum Gasteiger partial charge on any atom is 0.227 e. The van der Waals surface area contributed by atoms with E-state index in [0.717, 1.165) is 24.8 Å². The fourth-order valence-corrected chi connectivity index (χ4v) is 4.57. The largest absolute Gasteiger partial charge is 0.493 e. The molecule has 6 nitrogen and oxygen atoms in total. The van der Waals surface area contributed by atoms with Crippen LogP contribution in [0.5, 0.6) is 11.5 Å². The van der Waals surface area contributed by atoms with E-state index in [9.17, 15) is 9.59 Å². The quantitative estimate of drug-likeness (QED) is 0.657. The molecule has 1 atom stereocenters. The van der Waals surface area contributed by atoms with Crippen molar-refractivity contribution >= 4 is 11.8 Å². The van der Waals surface area contributed by atoms with E-state index < -0.39 is 0 Å². The van der Waals surface area contributed by atoms with Gasteiger partial charge >= 0.3 is 0 Å². The number of amides is 2. The molecule has 2 aliphatic rings. The van der Waals surface area contributed by atoms with Crippen molar-refractivity contribution in [1.29, 1.82) is 0 Å². The molecule has 1 aromatic rings. The molecule has 1 saturated heterocycles. The molecule has 0 N–H and O–H groups in total. The van der Waals surface area contributed by atoms with E-state index in [1.165, 1.54) is 25.7 Å². The highest BCUT2D eigenvalue weighted by atomic mass is 16.5. The molecule has 1 saturated carbocycles. The molecule has 29 heavy (non-hydrogen) atoms. The van der Waals surface area contributed by atoms with Crippen molar-refractivity contribution in [2.45, 2.75) is 57.4 Å². The van der Waals surface area contributed by atoms with Crippen LogP contribution in [0.4, 0.5) is 0 Å². The van der Waals surface area contributed by atoms with Crippen molar-refractivity contribution in [2.24, 2.45) is 5.92 Å². The second kappa shape index (κ2) is 9.99. The van der Waals surface area contributed by atoms with Crippen molar-refractivity contribution in [2.75, 3.05) is 34.4 Å². The van der Waals surface area contributed by atoms with Gasteiger partial charge < -0.3 is 19.3 Å². The molecule has 2 amide bonds. The predicted octanol–water partition coefficient (Wildman–Crippen LogP) is 3.28. The first kappa shape index (κ1) is 21.5. The molecule has 0 bridgehead atoms. The van der Waals surface area contributed by atoms with Gasteiger partial charge in [-0.2, -0.15) is 0 Å². The van der Waals surface area contributed by atoms with E-state index in [1.54, 1.807) is 14.2 Å². The average molecular weight is 403 g/mol. The summed E-state index contributed by atoms with van der Waals surface area (Å²) in [5.74, 6) is 1.40. The average Bonchev–Trinajstić information content (AvgIpc) is 2.94. The van der Waals surface area contributed by atoms with Crippen molar-refractivity contribution in [3.05, 3.63) is 23.8 Å². The SMILES string of the molecule is COc1ccc(CCN2CC(C(=O)N(C)C3CCCCCC3)CC2=O)cc1OC. The number of nitrogens with zero attached hydrogens (tertiary/aromatic N) is 2. The molecule has 0 aromatic heterocycles. The van der Waals surface area contributed by atoms with Crippen LogP contribution in [0.15, 0.2) is 18.2 Å². The van der Waals surface area contributed by atoms with E-state index in [0.29, 0.717) is 37.1 Å². The maximum atomic E-state index is 13.0. The van der Waals surface area contributed by atoms with Crippen LogP contribution in [0.3, 0.4) is 0 Å². The third kappa shape index (κ3) is 5.22. The van der Waals surface area contributed by atoms with Gasteiger partial charge in [-0.25, -0.2) is 0 Å². The van der Waals surface area contributed by atoms with Crippen molar-refractivity contribution in [3.8, 4) is 11.5 Å². The van der Waals surface area contributed by atoms with Crippen LogP contribution in [0.1, 0.15) is 50.5 Å². The summed E-state index contributed by atoms with van der Waals surface area (Å²) in [6, 6.07) is 6.15. The van der Waals surface area contributed by atoms with Gasteiger partial charge in [0.2, 0.25) is 11.8 Å². The minimum atomic E-state index is -0.207. The molecule has 160 valence electrons. The molecular formula is C23H34N2O4. The molecular weight excluding hydrogens is 368 g/mol. The molecule has 1 aliphatic heterocycles. The summed E-state index contributed by atoms with van der Waals surface area (Å²) < 4.78 is 10.6. The molecule has 2 fully saturated rings. The number of carbonyl (C=O) groups is 2. The van der Waals surface area contributed by atoms with Gasteiger partial charge in [0, 0.05) is 32.6 Å². The predicted molar refractivity (Wildman–Crippen MR) is 112 cm³/mol. The molecule has 3 rings (SSSR count). The second-order valence-electron chi connectivity index (χ2n) is 8.27. The van der Waals surface area contributed by atoms with Crippen molar-refractivity contribution in [3.63, 3.8) is 0 Å². The normalized spacial score (nSPS) is 20.4. The van der Waals surface area contributed by atoms with Gasteiger partial charge in [0.05, 0.1) is 20.1 Å². The lowest BCUT2D eigenvalue weighted by atomic mass is 10.0. The van der Waals surface area contributed by atoms with Crippen molar-refractivity contribution in [1.82, 2.24) is 9.80 Å². The third-order valence-electron chi connectivity index (χ3n) is 6.40.